The van der Waals surface area contributed by atoms with Gasteiger partial charge < -0.3 is 5.11 Å². The topological polar surface area (TPSA) is 32.6 Å². The second-order valence-electron chi connectivity index (χ2n) is 1.98. The molecule has 10 heavy (non-hydrogen) atoms. The van der Waals surface area contributed by atoms with Gasteiger partial charge in [-0.25, -0.2) is 0 Å². The van der Waals surface area contributed by atoms with E-state index in [2.05, 4.69) is 11.7 Å². The van der Waals surface area contributed by atoms with Crippen LogP contribution < -0.4 is 0 Å². The second kappa shape index (κ2) is 4.94. The molecule has 0 saturated carbocycles. The number of aliphatic imine (C=N–C) groups is 1. The van der Waals surface area contributed by atoms with Gasteiger partial charge in [-0.2, -0.15) is 0 Å². The highest BCUT2D eigenvalue weighted by Crippen LogP contribution is 2.01. The van der Waals surface area contributed by atoms with Crippen molar-refractivity contribution in [1.29, 1.82) is 0 Å². The Morgan fingerprint density at radius 1 is 1.70 bits per heavy atom. The monoisotopic (exact) mass is 139 g/mol. The van der Waals surface area contributed by atoms with Gasteiger partial charge in [0.15, 0.2) is 0 Å². The third-order valence-electron chi connectivity index (χ3n) is 1.21. The van der Waals surface area contributed by atoms with Gasteiger partial charge in [-0.1, -0.05) is 11.6 Å². The van der Waals surface area contributed by atoms with Gasteiger partial charge in [0.2, 0.25) is 0 Å². The van der Waals surface area contributed by atoms with Crippen LogP contribution in [0.2, 0.25) is 0 Å². The van der Waals surface area contributed by atoms with Crippen LogP contribution in [0, 0.1) is 0 Å². The standard InChI is InChI=1S/C8H13NO/c1-4-7(2)5-8(6-10)9-3/h4-5,10H,3,6H2,1-2H3/b7-4-,8-5-. The van der Waals surface area contributed by atoms with Crippen molar-refractivity contribution >= 4 is 6.72 Å². The maximum atomic E-state index is 8.64. The number of aliphatic hydroxyl groups is 1. The van der Waals surface area contributed by atoms with Crippen molar-refractivity contribution in [3.8, 4) is 0 Å². The molecule has 1 N–H and O–H groups in total. The van der Waals surface area contributed by atoms with Gasteiger partial charge in [-0.05, 0) is 26.6 Å². The zero-order valence-corrected chi connectivity index (χ0v) is 6.46. The molecular weight excluding hydrogens is 126 g/mol. The minimum Gasteiger partial charge on any atom is -0.390 e. The first kappa shape index (κ1) is 9.11. The summed E-state index contributed by atoms with van der Waals surface area (Å²) in [5.74, 6) is 0. The van der Waals surface area contributed by atoms with Gasteiger partial charge in [0.05, 0.1) is 12.3 Å². The molecule has 0 unspecified atom stereocenters. The van der Waals surface area contributed by atoms with Crippen LogP contribution in [0.5, 0.6) is 0 Å². The van der Waals surface area contributed by atoms with Crippen molar-refractivity contribution in [1.82, 2.24) is 0 Å². The third kappa shape index (κ3) is 3.20. The minimum absolute atomic E-state index is 0.0469. The van der Waals surface area contributed by atoms with Gasteiger partial charge in [-0.15, -0.1) is 0 Å². The summed E-state index contributed by atoms with van der Waals surface area (Å²) in [5, 5.41) is 8.64. The van der Waals surface area contributed by atoms with Gasteiger partial charge in [0.25, 0.3) is 0 Å². The van der Waals surface area contributed by atoms with E-state index in [4.69, 9.17) is 5.11 Å². The molecule has 0 aliphatic heterocycles. The molecule has 2 nitrogen and oxygen atoms in total. The Bertz CT molecular complexity index is 168. The van der Waals surface area contributed by atoms with Gasteiger partial charge in [0, 0.05) is 0 Å². The van der Waals surface area contributed by atoms with Crippen LogP contribution in [-0.2, 0) is 0 Å². The van der Waals surface area contributed by atoms with Crippen molar-refractivity contribution in [3.63, 3.8) is 0 Å². The summed E-state index contributed by atoms with van der Waals surface area (Å²) in [7, 11) is 0. The summed E-state index contributed by atoms with van der Waals surface area (Å²) in [6, 6.07) is 0. The van der Waals surface area contributed by atoms with E-state index < -0.39 is 0 Å². The summed E-state index contributed by atoms with van der Waals surface area (Å²) in [4.78, 5) is 3.61. The summed E-state index contributed by atoms with van der Waals surface area (Å²) in [5.41, 5.74) is 1.69. The lowest BCUT2D eigenvalue weighted by Gasteiger charge is -1.94. The van der Waals surface area contributed by atoms with Crippen molar-refractivity contribution < 1.29 is 5.11 Å². The predicted octanol–water partition coefficient (Wildman–Crippen LogP) is 1.53. The first-order valence-corrected chi connectivity index (χ1v) is 3.15. The van der Waals surface area contributed by atoms with E-state index in [0.29, 0.717) is 5.70 Å². The van der Waals surface area contributed by atoms with E-state index in [1.165, 1.54) is 0 Å². The average Bonchev–Trinajstić information content (AvgIpc) is 1.99. The summed E-state index contributed by atoms with van der Waals surface area (Å²) < 4.78 is 0. The number of allylic oxidation sites excluding steroid dienone is 3. The number of nitrogens with zero attached hydrogens (tertiary/aromatic N) is 1. The van der Waals surface area contributed by atoms with Gasteiger partial charge in [-0.3, -0.25) is 4.99 Å². The predicted molar refractivity (Wildman–Crippen MR) is 44.1 cm³/mol. The van der Waals surface area contributed by atoms with Crippen molar-refractivity contribution in [2.24, 2.45) is 4.99 Å². The number of rotatable bonds is 3. The summed E-state index contributed by atoms with van der Waals surface area (Å²) in [6.07, 6.45) is 3.74. The molecule has 0 amide bonds. The molecule has 56 valence electrons. The Labute approximate surface area is 61.6 Å². The molecule has 0 radical (unpaired) electrons. The highest BCUT2D eigenvalue weighted by Gasteiger charge is 1.87. The van der Waals surface area contributed by atoms with Crippen LogP contribution in [-0.4, -0.2) is 18.4 Å². The molecular formula is C8H13NO. The van der Waals surface area contributed by atoms with Crippen molar-refractivity contribution in [3.05, 3.63) is 23.4 Å². The molecule has 0 atom stereocenters. The normalized spacial score (nSPS) is 13.5. The molecule has 2 heteroatoms. The Morgan fingerprint density at radius 2 is 2.30 bits per heavy atom. The molecule has 0 fully saturated rings. The highest BCUT2D eigenvalue weighted by molar-refractivity contribution is 5.32. The zero-order valence-electron chi connectivity index (χ0n) is 6.46. The molecule has 0 aliphatic carbocycles. The minimum atomic E-state index is -0.0469. The van der Waals surface area contributed by atoms with Crippen LogP contribution in [0.3, 0.4) is 0 Å². The average molecular weight is 139 g/mol. The molecule has 0 aliphatic rings. The molecule has 0 spiro atoms. The van der Waals surface area contributed by atoms with Gasteiger partial charge >= 0.3 is 0 Å². The van der Waals surface area contributed by atoms with Crippen LogP contribution in [0.25, 0.3) is 0 Å². The fourth-order valence-electron chi connectivity index (χ4n) is 0.487. The Morgan fingerprint density at radius 3 is 2.60 bits per heavy atom. The maximum absolute atomic E-state index is 8.64. The molecule has 0 heterocycles. The first-order chi connectivity index (χ1) is 4.74. The van der Waals surface area contributed by atoms with Crippen LogP contribution in [0.15, 0.2) is 28.4 Å². The smallest absolute Gasteiger partial charge is 0.0852 e. The summed E-state index contributed by atoms with van der Waals surface area (Å²) >= 11 is 0. The summed E-state index contributed by atoms with van der Waals surface area (Å²) in [6.45, 7) is 7.15. The lowest BCUT2D eigenvalue weighted by Crippen LogP contribution is -1.85. The fraction of sp³-hybridized carbons (Fsp3) is 0.375. The highest BCUT2D eigenvalue weighted by atomic mass is 16.3. The van der Waals surface area contributed by atoms with E-state index in [1.807, 2.05) is 19.9 Å². The lowest BCUT2D eigenvalue weighted by atomic mass is 10.2. The molecule has 0 aromatic rings. The molecule has 0 aromatic heterocycles. The van der Waals surface area contributed by atoms with Crippen LogP contribution in [0.1, 0.15) is 13.8 Å². The van der Waals surface area contributed by atoms with E-state index in [0.717, 1.165) is 5.57 Å². The largest absolute Gasteiger partial charge is 0.390 e. The SMILES string of the molecule is C=N/C(=C\C(C)=C/C)CO. The number of aliphatic hydroxyl groups excluding tert-OH is 1. The van der Waals surface area contributed by atoms with E-state index in [1.54, 1.807) is 6.08 Å². The Kier molecular flexibility index (Phi) is 4.50. The second-order valence-corrected chi connectivity index (χ2v) is 1.98. The zero-order chi connectivity index (χ0) is 7.98. The fourth-order valence-corrected chi connectivity index (χ4v) is 0.487. The maximum Gasteiger partial charge on any atom is 0.0852 e. The van der Waals surface area contributed by atoms with Crippen molar-refractivity contribution in [2.75, 3.05) is 6.61 Å². The van der Waals surface area contributed by atoms with Crippen molar-refractivity contribution in [2.45, 2.75) is 13.8 Å². The first-order valence-electron chi connectivity index (χ1n) is 3.15. The van der Waals surface area contributed by atoms with Crippen LogP contribution >= 0.6 is 0 Å². The van der Waals surface area contributed by atoms with E-state index in [-0.39, 0.29) is 6.61 Å². The molecule has 0 saturated heterocycles. The van der Waals surface area contributed by atoms with Gasteiger partial charge in [0.1, 0.15) is 0 Å². The molecule has 0 rings (SSSR count). The van der Waals surface area contributed by atoms with E-state index in [9.17, 15) is 0 Å². The number of hydrogen-bond donors (Lipinski definition) is 1. The number of hydrogen-bond acceptors (Lipinski definition) is 2. The third-order valence-corrected chi connectivity index (χ3v) is 1.21. The van der Waals surface area contributed by atoms with Crippen LogP contribution in [0.4, 0.5) is 0 Å². The lowest BCUT2D eigenvalue weighted by molar-refractivity contribution is 0.330. The Hall–Kier alpha value is -0.890. The molecule has 0 bridgehead atoms. The Balaban J connectivity index is 4.24. The van der Waals surface area contributed by atoms with E-state index >= 15 is 0 Å². The molecule has 0 aromatic carbocycles. The quantitative estimate of drug-likeness (QED) is 0.466.